The number of anilines is 2. The highest BCUT2D eigenvalue weighted by molar-refractivity contribution is 7.92. The van der Waals surface area contributed by atoms with E-state index in [4.69, 9.17) is 0 Å². The summed E-state index contributed by atoms with van der Waals surface area (Å²) in [6, 6.07) is 11.1. The predicted molar refractivity (Wildman–Crippen MR) is 114 cm³/mol. The molecule has 1 heterocycles. The Hall–Kier alpha value is -2.94. The molecule has 0 radical (unpaired) electrons. The van der Waals surface area contributed by atoms with Crippen LogP contribution in [0, 0.1) is 11.7 Å². The Balaban J connectivity index is 1.38. The average molecular weight is 446 g/mol. The van der Waals surface area contributed by atoms with Crippen LogP contribution in [0.1, 0.15) is 32.1 Å². The molecule has 7 nitrogen and oxygen atoms in total. The van der Waals surface area contributed by atoms with Gasteiger partial charge in [-0.2, -0.15) is 0 Å². The second-order valence-electron chi connectivity index (χ2n) is 8.01. The quantitative estimate of drug-likeness (QED) is 0.713. The van der Waals surface area contributed by atoms with Gasteiger partial charge in [0.2, 0.25) is 11.8 Å². The maximum Gasteiger partial charge on any atom is 0.261 e. The predicted octanol–water partition coefficient (Wildman–Crippen LogP) is 3.36. The number of likely N-dealkylation sites (tertiary alicyclic amines) is 1. The summed E-state index contributed by atoms with van der Waals surface area (Å²) in [6.07, 6.45) is 4.44. The minimum Gasteiger partial charge on any atom is -0.339 e. The third-order valence-corrected chi connectivity index (χ3v) is 7.20. The van der Waals surface area contributed by atoms with Gasteiger partial charge in [0, 0.05) is 24.7 Å². The zero-order valence-corrected chi connectivity index (χ0v) is 17.7. The first kappa shape index (κ1) is 21.3. The Bertz CT molecular complexity index is 1080. The molecule has 2 aliphatic rings. The summed E-state index contributed by atoms with van der Waals surface area (Å²) in [5, 5.41) is 2.77. The standard InChI is InChI=1S/C22H24FN3O4S/c23-16-4-3-5-18(13-16)25-31(29,30)20-10-8-17(9-11-20)24-22(28)15-12-21(27)26(14-15)19-6-1-2-7-19/h3-5,8-11,13,15,19,25H,1-2,6-7,12,14H2,(H,24,28). The first-order chi connectivity index (χ1) is 14.8. The second-order valence-corrected chi connectivity index (χ2v) is 9.70. The normalized spacial score (nSPS) is 19.6. The molecule has 2 fully saturated rings. The molecule has 2 aromatic rings. The molecule has 2 amide bonds. The lowest BCUT2D eigenvalue weighted by molar-refractivity contribution is -0.129. The molecular weight excluding hydrogens is 421 g/mol. The van der Waals surface area contributed by atoms with E-state index in [1.54, 1.807) is 0 Å². The van der Waals surface area contributed by atoms with Crippen LogP contribution in [0.3, 0.4) is 0 Å². The number of sulfonamides is 1. The number of hydrogen-bond acceptors (Lipinski definition) is 4. The summed E-state index contributed by atoms with van der Waals surface area (Å²) in [4.78, 5) is 26.7. The van der Waals surface area contributed by atoms with E-state index in [1.165, 1.54) is 42.5 Å². The number of rotatable bonds is 6. The van der Waals surface area contributed by atoms with Gasteiger partial charge < -0.3 is 10.2 Å². The Labute approximate surface area is 180 Å². The van der Waals surface area contributed by atoms with Crippen LogP contribution in [-0.2, 0) is 19.6 Å². The van der Waals surface area contributed by atoms with Crippen molar-refractivity contribution in [2.24, 2.45) is 5.92 Å². The largest absolute Gasteiger partial charge is 0.339 e. The molecule has 9 heteroatoms. The number of carbonyl (C=O) groups excluding carboxylic acids is 2. The molecule has 1 saturated heterocycles. The van der Waals surface area contributed by atoms with E-state index in [0.29, 0.717) is 12.2 Å². The van der Waals surface area contributed by atoms with Crippen molar-refractivity contribution in [2.45, 2.75) is 43.0 Å². The van der Waals surface area contributed by atoms with Gasteiger partial charge in [-0.1, -0.05) is 18.9 Å². The van der Waals surface area contributed by atoms with Crippen LogP contribution in [0.15, 0.2) is 53.4 Å². The second kappa shape index (κ2) is 8.66. The van der Waals surface area contributed by atoms with Gasteiger partial charge in [-0.25, -0.2) is 12.8 Å². The van der Waals surface area contributed by atoms with Crippen molar-refractivity contribution in [3.05, 3.63) is 54.3 Å². The molecule has 0 aromatic heterocycles. The third-order valence-electron chi connectivity index (χ3n) is 5.80. The van der Waals surface area contributed by atoms with Gasteiger partial charge in [0.25, 0.3) is 10.0 Å². The maximum absolute atomic E-state index is 13.3. The number of nitrogens with one attached hydrogen (secondary N) is 2. The molecule has 1 atom stereocenters. The summed E-state index contributed by atoms with van der Waals surface area (Å²) in [5.74, 6) is -1.18. The van der Waals surface area contributed by atoms with Gasteiger partial charge in [0.15, 0.2) is 0 Å². The van der Waals surface area contributed by atoms with E-state index in [9.17, 15) is 22.4 Å². The smallest absolute Gasteiger partial charge is 0.261 e. The monoisotopic (exact) mass is 445 g/mol. The first-order valence-electron chi connectivity index (χ1n) is 10.3. The van der Waals surface area contributed by atoms with Crippen molar-refractivity contribution < 1.29 is 22.4 Å². The number of amides is 2. The van der Waals surface area contributed by atoms with Crippen LogP contribution in [0.2, 0.25) is 0 Å². The van der Waals surface area contributed by atoms with Gasteiger partial charge in [0.1, 0.15) is 5.82 Å². The minimum atomic E-state index is -3.90. The summed E-state index contributed by atoms with van der Waals surface area (Å²) in [7, 11) is -3.90. The number of carbonyl (C=O) groups is 2. The summed E-state index contributed by atoms with van der Waals surface area (Å²) >= 11 is 0. The fourth-order valence-electron chi connectivity index (χ4n) is 4.20. The van der Waals surface area contributed by atoms with Crippen molar-refractivity contribution in [3.8, 4) is 0 Å². The molecule has 2 aromatic carbocycles. The molecule has 0 spiro atoms. The Morgan fingerprint density at radius 1 is 1.03 bits per heavy atom. The highest BCUT2D eigenvalue weighted by atomic mass is 32.2. The van der Waals surface area contributed by atoms with Gasteiger partial charge in [-0.3, -0.25) is 14.3 Å². The van der Waals surface area contributed by atoms with Crippen LogP contribution in [-0.4, -0.2) is 37.7 Å². The van der Waals surface area contributed by atoms with E-state index in [-0.39, 0.29) is 34.9 Å². The molecule has 4 rings (SSSR count). The molecule has 2 N–H and O–H groups in total. The number of nitrogens with zero attached hydrogens (tertiary/aromatic N) is 1. The van der Waals surface area contributed by atoms with Gasteiger partial charge in [-0.05, 0) is 55.3 Å². The molecule has 1 aliphatic heterocycles. The zero-order valence-electron chi connectivity index (χ0n) is 16.9. The molecule has 1 aliphatic carbocycles. The van der Waals surface area contributed by atoms with Crippen molar-refractivity contribution in [2.75, 3.05) is 16.6 Å². The van der Waals surface area contributed by atoms with Crippen LogP contribution < -0.4 is 10.0 Å². The summed E-state index contributed by atoms with van der Waals surface area (Å²) in [5.41, 5.74) is 0.566. The molecule has 31 heavy (non-hydrogen) atoms. The molecule has 164 valence electrons. The fourth-order valence-corrected chi connectivity index (χ4v) is 5.25. The number of hydrogen-bond donors (Lipinski definition) is 2. The van der Waals surface area contributed by atoms with E-state index >= 15 is 0 Å². The van der Waals surface area contributed by atoms with E-state index in [0.717, 1.165) is 31.7 Å². The average Bonchev–Trinajstić information content (AvgIpc) is 3.37. The first-order valence-corrected chi connectivity index (χ1v) is 11.8. The number of halogens is 1. The van der Waals surface area contributed by atoms with Crippen molar-refractivity contribution >= 4 is 33.2 Å². The van der Waals surface area contributed by atoms with Gasteiger partial charge >= 0.3 is 0 Å². The van der Waals surface area contributed by atoms with Crippen molar-refractivity contribution in [1.82, 2.24) is 4.90 Å². The van der Waals surface area contributed by atoms with Gasteiger partial charge in [0.05, 0.1) is 16.5 Å². The Kier molecular flexibility index (Phi) is 5.95. The SMILES string of the molecule is O=C(Nc1ccc(S(=O)(=O)Nc2cccc(F)c2)cc1)C1CC(=O)N(C2CCCC2)C1. The van der Waals surface area contributed by atoms with Crippen LogP contribution in [0.5, 0.6) is 0 Å². The van der Waals surface area contributed by atoms with Crippen LogP contribution >= 0.6 is 0 Å². The Morgan fingerprint density at radius 2 is 1.74 bits per heavy atom. The van der Waals surface area contributed by atoms with Gasteiger partial charge in [-0.15, -0.1) is 0 Å². The minimum absolute atomic E-state index is 0.0155. The lowest BCUT2D eigenvalue weighted by Gasteiger charge is -2.23. The van der Waals surface area contributed by atoms with Crippen LogP contribution in [0.25, 0.3) is 0 Å². The van der Waals surface area contributed by atoms with Crippen molar-refractivity contribution in [1.29, 1.82) is 0 Å². The molecule has 1 unspecified atom stereocenters. The maximum atomic E-state index is 13.3. The fraction of sp³-hybridized carbons (Fsp3) is 0.364. The van der Waals surface area contributed by atoms with E-state index in [2.05, 4.69) is 10.0 Å². The van der Waals surface area contributed by atoms with Crippen molar-refractivity contribution in [3.63, 3.8) is 0 Å². The lowest BCUT2D eigenvalue weighted by atomic mass is 10.1. The summed E-state index contributed by atoms with van der Waals surface area (Å²) < 4.78 is 40.6. The Morgan fingerprint density at radius 3 is 2.42 bits per heavy atom. The third kappa shape index (κ3) is 4.87. The molecule has 0 bridgehead atoms. The molecule has 1 saturated carbocycles. The van der Waals surface area contributed by atoms with E-state index < -0.39 is 21.8 Å². The number of benzene rings is 2. The highest BCUT2D eigenvalue weighted by Crippen LogP contribution is 2.30. The summed E-state index contributed by atoms with van der Waals surface area (Å²) in [6.45, 7) is 0.430. The van der Waals surface area contributed by atoms with E-state index in [1.807, 2.05) is 4.90 Å². The zero-order chi connectivity index (χ0) is 22.0. The lowest BCUT2D eigenvalue weighted by Crippen LogP contribution is -2.35. The molecular formula is C22H24FN3O4S. The van der Waals surface area contributed by atoms with Crippen LogP contribution in [0.4, 0.5) is 15.8 Å². The highest BCUT2D eigenvalue weighted by Gasteiger charge is 2.38. The topological polar surface area (TPSA) is 95.6 Å².